The third-order valence-corrected chi connectivity index (χ3v) is 4.76. The molecule has 0 fully saturated rings. The molecule has 1 aliphatic heterocycles. The number of fused-ring (bicyclic) bond motifs is 1. The molecule has 3 aromatic rings. The van der Waals surface area contributed by atoms with Crippen LogP contribution in [0.15, 0.2) is 48.8 Å². The number of nitrogens with zero attached hydrogens (tertiary/aromatic N) is 2. The minimum absolute atomic E-state index is 0.102. The highest BCUT2D eigenvalue weighted by atomic mass is 19.1. The van der Waals surface area contributed by atoms with Crippen molar-refractivity contribution >= 4 is 11.7 Å². The summed E-state index contributed by atoms with van der Waals surface area (Å²) >= 11 is 0. The minimum Gasteiger partial charge on any atom is -0.493 e. The quantitative estimate of drug-likeness (QED) is 0.676. The Morgan fingerprint density at radius 1 is 1.31 bits per heavy atom. The van der Waals surface area contributed by atoms with E-state index in [1.165, 1.54) is 12.1 Å². The molecule has 0 saturated carbocycles. The van der Waals surface area contributed by atoms with E-state index in [-0.39, 0.29) is 30.7 Å². The molecule has 6 nitrogen and oxygen atoms in total. The van der Waals surface area contributed by atoms with Gasteiger partial charge in [0.15, 0.2) is 11.5 Å². The fourth-order valence-corrected chi connectivity index (χ4v) is 3.45. The summed E-state index contributed by atoms with van der Waals surface area (Å²) in [5, 5.41) is 2.85. The molecule has 1 amide bonds. The molecule has 0 spiro atoms. The first-order valence-corrected chi connectivity index (χ1v) is 8.98. The first-order valence-electron chi connectivity index (χ1n) is 8.98. The molecule has 0 unspecified atom stereocenters. The van der Waals surface area contributed by atoms with Gasteiger partial charge < -0.3 is 14.8 Å². The van der Waals surface area contributed by atoms with Gasteiger partial charge in [0.25, 0.3) is 0 Å². The van der Waals surface area contributed by atoms with Crippen molar-refractivity contribution in [3.05, 3.63) is 65.9 Å². The van der Waals surface area contributed by atoms with Gasteiger partial charge in [-0.3, -0.25) is 9.36 Å². The summed E-state index contributed by atoms with van der Waals surface area (Å²) in [4.78, 5) is 16.9. The number of halogens is 1. The van der Waals surface area contributed by atoms with Gasteiger partial charge >= 0.3 is 0 Å². The zero-order chi connectivity index (χ0) is 20.4. The molecule has 0 radical (unpaired) electrons. The number of nitrogens with one attached hydrogen (secondary N) is 1. The van der Waals surface area contributed by atoms with Crippen LogP contribution in [0.3, 0.4) is 0 Å². The van der Waals surface area contributed by atoms with Gasteiger partial charge in [0.05, 0.1) is 18.5 Å². The maximum absolute atomic E-state index is 13.7. The van der Waals surface area contributed by atoms with E-state index in [1.807, 2.05) is 12.1 Å². The van der Waals surface area contributed by atoms with Crippen molar-refractivity contribution in [1.82, 2.24) is 9.55 Å². The zero-order valence-electron chi connectivity index (χ0n) is 15.7. The average Bonchev–Trinajstić information content (AvgIpc) is 3.15. The van der Waals surface area contributed by atoms with Crippen molar-refractivity contribution in [3.8, 4) is 29.5 Å². The van der Waals surface area contributed by atoms with Crippen molar-refractivity contribution in [3.63, 3.8) is 0 Å². The van der Waals surface area contributed by atoms with Gasteiger partial charge in [-0.15, -0.1) is 6.42 Å². The van der Waals surface area contributed by atoms with Gasteiger partial charge in [-0.2, -0.15) is 0 Å². The summed E-state index contributed by atoms with van der Waals surface area (Å²) in [6.07, 6.45) is 7.10. The van der Waals surface area contributed by atoms with Crippen LogP contribution < -0.4 is 14.8 Å². The maximum atomic E-state index is 13.7. The average molecular weight is 391 g/mol. The molecule has 146 valence electrons. The van der Waals surface area contributed by atoms with Gasteiger partial charge in [0.1, 0.15) is 24.6 Å². The molecule has 2 heterocycles. The van der Waals surface area contributed by atoms with Crippen LogP contribution >= 0.6 is 0 Å². The van der Waals surface area contributed by atoms with Crippen LogP contribution in [-0.4, -0.2) is 29.2 Å². The second kappa shape index (κ2) is 7.68. The Bertz CT molecular complexity index is 1120. The molecule has 7 heteroatoms. The van der Waals surface area contributed by atoms with Crippen LogP contribution in [0.1, 0.15) is 23.6 Å². The van der Waals surface area contributed by atoms with E-state index in [2.05, 4.69) is 16.2 Å². The fourth-order valence-electron chi connectivity index (χ4n) is 3.45. The molecular formula is C22H18FN3O3. The van der Waals surface area contributed by atoms with Gasteiger partial charge in [-0.25, -0.2) is 9.37 Å². The van der Waals surface area contributed by atoms with Crippen molar-refractivity contribution in [2.24, 2.45) is 0 Å². The third-order valence-electron chi connectivity index (χ3n) is 4.76. The summed E-state index contributed by atoms with van der Waals surface area (Å²) < 4.78 is 26.2. The number of benzene rings is 2. The van der Waals surface area contributed by atoms with Crippen LogP contribution in [0, 0.1) is 18.2 Å². The van der Waals surface area contributed by atoms with E-state index in [1.54, 1.807) is 36.2 Å². The van der Waals surface area contributed by atoms with Crippen molar-refractivity contribution in [2.75, 3.05) is 19.0 Å². The molecule has 0 saturated heterocycles. The smallest absolute Gasteiger partial charge is 0.226 e. The Morgan fingerprint density at radius 3 is 2.93 bits per heavy atom. The number of terminal acetylenes is 1. The van der Waals surface area contributed by atoms with E-state index >= 15 is 0 Å². The molecule has 0 bridgehead atoms. The maximum Gasteiger partial charge on any atom is 0.226 e. The SMILES string of the molecule is C#CCOc1cc([C@H]2CC(=O)Nc3c2ncn3-c2cccc(F)c2)ccc1OC. The number of hydrogen-bond acceptors (Lipinski definition) is 4. The van der Waals surface area contributed by atoms with E-state index in [0.29, 0.717) is 28.7 Å². The molecule has 1 aliphatic rings. The Balaban J connectivity index is 1.76. The highest BCUT2D eigenvalue weighted by Crippen LogP contribution is 2.40. The predicted octanol–water partition coefficient (Wildman–Crippen LogP) is 3.51. The highest BCUT2D eigenvalue weighted by molar-refractivity contribution is 5.94. The predicted molar refractivity (Wildman–Crippen MR) is 106 cm³/mol. The number of anilines is 1. The van der Waals surface area contributed by atoms with Crippen LogP contribution in [0.5, 0.6) is 11.5 Å². The standard InChI is InChI=1S/C22H18FN3O3/c1-3-9-29-19-10-14(7-8-18(19)28-2)17-12-20(27)25-22-21(17)24-13-26(22)16-6-4-5-15(23)11-16/h1,4-8,10-11,13,17H,9,12H2,2H3,(H,25,27)/t17-/m1/s1. The number of amides is 1. The minimum atomic E-state index is -0.367. The molecule has 1 N–H and O–H groups in total. The monoisotopic (exact) mass is 391 g/mol. The Morgan fingerprint density at radius 2 is 2.17 bits per heavy atom. The summed E-state index contributed by atoms with van der Waals surface area (Å²) in [5.74, 6) is 3.20. The Kier molecular flexibility index (Phi) is 4.92. The summed E-state index contributed by atoms with van der Waals surface area (Å²) in [6.45, 7) is 0.102. The number of carbonyl (C=O) groups is 1. The van der Waals surface area contributed by atoms with Crippen molar-refractivity contribution < 1.29 is 18.7 Å². The van der Waals surface area contributed by atoms with Crippen LogP contribution in [-0.2, 0) is 4.79 Å². The zero-order valence-corrected chi connectivity index (χ0v) is 15.7. The van der Waals surface area contributed by atoms with E-state index in [9.17, 15) is 9.18 Å². The summed E-state index contributed by atoms with van der Waals surface area (Å²) in [5.41, 5.74) is 2.12. The van der Waals surface area contributed by atoms with Crippen molar-refractivity contribution in [1.29, 1.82) is 0 Å². The number of carbonyl (C=O) groups excluding carboxylic acids is 1. The number of aromatic nitrogens is 2. The molecule has 1 aromatic heterocycles. The lowest BCUT2D eigenvalue weighted by atomic mass is 9.89. The van der Waals surface area contributed by atoms with Gasteiger partial charge in [0, 0.05) is 12.3 Å². The van der Waals surface area contributed by atoms with Crippen molar-refractivity contribution in [2.45, 2.75) is 12.3 Å². The lowest BCUT2D eigenvalue weighted by molar-refractivity contribution is -0.116. The van der Waals surface area contributed by atoms with Gasteiger partial charge in [0.2, 0.25) is 5.91 Å². The van der Waals surface area contributed by atoms with Crippen LogP contribution in [0.25, 0.3) is 5.69 Å². The summed E-state index contributed by atoms with van der Waals surface area (Å²) in [7, 11) is 1.55. The van der Waals surface area contributed by atoms with Crippen LogP contribution in [0.4, 0.5) is 10.2 Å². The number of methoxy groups -OCH3 is 1. The van der Waals surface area contributed by atoms with E-state index in [0.717, 1.165) is 5.56 Å². The number of hydrogen-bond donors (Lipinski definition) is 1. The number of imidazole rings is 1. The van der Waals surface area contributed by atoms with Gasteiger partial charge in [-0.05, 0) is 35.9 Å². The first-order chi connectivity index (χ1) is 14.1. The molecule has 1 atom stereocenters. The van der Waals surface area contributed by atoms with Crippen LogP contribution in [0.2, 0.25) is 0 Å². The second-order valence-electron chi connectivity index (χ2n) is 6.54. The molecule has 2 aromatic carbocycles. The topological polar surface area (TPSA) is 65.4 Å². The van der Waals surface area contributed by atoms with Gasteiger partial charge in [-0.1, -0.05) is 18.1 Å². The second-order valence-corrected chi connectivity index (χ2v) is 6.54. The molecule has 0 aliphatic carbocycles. The highest BCUT2D eigenvalue weighted by Gasteiger charge is 2.31. The van der Waals surface area contributed by atoms with E-state index < -0.39 is 0 Å². The fraction of sp³-hybridized carbons (Fsp3) is 0.182. The number of ether oxygens (including phenoxy) is 2. The Labute approximate surface area is 167 Å². The largest absolute Gasteiger partial charge is 0.493 e. The Hall–Kier alpha value is -3.79. The normalized spacial score (nSPS) is 15.2. The summed E-state index contributed by atoms with van der Waals surface area (Å²) in [6, 6.07) is 11.6. The molecule has 4 rings (SSSR count). The first kappa shape index (κ1) is 18.6. The lowest BCUT2D eigenvalue weighted by Crippen LogP contribution is -2.25. The molecule has 29 heavy (non-hydrogen) atoms. The van der Waals surface area contributed by atoms with E-state index in [4.69, 9.17) is 15.9 Å². The lowest BCUT2D eigenvalue weighted by Gasteiger charge is -2.24. The third kappa shape index (κ3) is 3.52. The number of rotatable bonds is 5. The molecular weight excluding hydrogens is 373 g/mol.